The molecule has 0 aliphatic carbocycles. The van der Waals surface area contributed by atoms with Gasteiger partial charge in [-0.1, -0.05) is 6.92 Å². The lowest BCUT2D eigenvalue weighted by atomic mass is 10.3. The van der Waals surface area contributed by atoms with Crippen LogP contribution >= 0.6 is 0 Å². The van der Waals surface area contributed by atoms with Crippen LogP contribution in [0.1, 0.15) is 23.8 Å². The zero-order chi connectivity index (χ0) is 15.0. The molecule has 0 aliphatic heterocycles. The van der Waals surface area contributed by atoms with Crippen LogP contribution in [0.3, 0.4) is 0 Å². The van der Waals surface area contributed by atoms with Crippen LogP contribution in [0.15, 0.2) is 18.3 Å². The molecule has 0 bridgehead atoms. The van der Waals surface area contributed by atoms with Gasteiger partial charge in [-0.25, -0.2) is 0 Å². The molecule has 0 radical (unpaired) electrons. The normalized spacial score (nSPS) is 10.3. The topological polar surface area (TPSA) is 91.5 Å². The third kappa shape index (κ3) is 5.23. The molecular formula is C13H19N3O4. The molecule has 0 aromatic carbocycles. The number of nitrogens with zero attached hydrogens (tertiary/aromatic N) is 1. The number of imide groups is 1. The quantitative estimate of drug-likeness (QED) is 0.694. The van der Waals surface area contributed by atoms with Crippen molar-refractivity contribution in [2.24, 2.45) is 0 Å². The van der Waals surface area contributed by atoms with Gasteiger partial charge < -0.3 is 9.72 Å². The summed E-state index contributed by atoms with van der Waals surface area (Å²) in [6, 6.07) is 3.24. The van der Waals surface area contributed by atoms with E-state index in [1.54, 1.807) is 23.2 Å². The molecule has 0 atom stereocenters. The van der Waals surface area contributed by atoms with Crippen LogP contribution in [0, 0.1) is 0 Å². The van der Waals surface area contributed by atoms with Gasteiger partial charge in [-0.15, -0.1) is 0 Å². The fourth-order valence-electron chi connectivity index (χ4n) is 1.69. The molecule has 0 saturated carbocycles. The Morgan fingerprint density at radius 2 is 2.10 bits per heavy atom. The number of aromatic amines is 1. The molecule has 1 aromatic rings. The van der Waals surface area contributed by atoms with Crippen LogP contribution in [0.5, 0.6) is 0 Å². The Kier molecular flexibility index (Phi) is 6.45. The van der Waals surface area contributed by atoms with E-state index in [0.717, 1.165) is 6.42 Å². The third-order valence-corrected chi connectivity index (χ3v) is 2.58. The van der Waals surface area contributed by atoms with E-state index in [1.807, 2.05) is 6.92 Å². The number of hydrogen-bond acceptors (Lipinski definition) is 5. The van der Waals surface area contributed by atoms with Crippen molar-refractivity contribution >= 4 is 17.8 Å². The second-order valence-corrected chi connectivity index (χ2v) is 4.25. The van der Waals surface area contributed by atoms with Crippen LogP contribution in [0.25, 0.3) is 0 Å². The van der Waals surface area contributed by atoms with Crippen molar-refractivity contribution < 1.29 is 19.1 Å². The SMILES string of the molecule is CCCN(CC(=O)NC(=O)c1ccc[nH]1)CC(=O)OC. The Morgan fingerprint density at radius 1 is 1.35 bits per heavy atom. The number of ether oxygens (including phenoxy) is 1. The lowest BCUT2D eigenvalue weighted by Gasteiger charge is -2.19. The molecule has 1 rings (SSSR count). The van der Waals surface area contributed by atoms with E-state index in [-0.39, 0.29) is 13.1 Å². The van der Waals surface area contributed by atoms with Crippen molar-refractivity contribution in [3.05, 3.63) is 24.0 Å². The Morgan fingerprint density at radius 3 is 2.65 bits per heavy atom. The Balaban J connectivity index is 2.49. The molecule has 0 aliphatic rings. The molecule has 7 heteroatoms. The molecule has 1 aromatic heterocycles. The molecule has 2 amide bonds. The van der Waals surface area contributed by atoms with Crippen molar-refractivity contribution in [3.8, 4) is 0 Å². The first kappa shape index (κ1) is 15.9. The van der Waals surface area contributed by atoms with Crippen LogP contribution in [-0.2, 0) is 14.3 Å². The van der Waals surface area contributed by atoms with Gasteiger partial charge in [-0.3, -0.25) is 24.6 Å². The number of rotatable bonds is 7. The van der Waals surface area contributed by atoms with Crippen LogP contribution in [0.2, 0.25) is 0 Å². The second kappa shape index (κ2) is 8.11. The van der Waals surface area contributed by atoms with Crippen molar-refractivity contribution in [1.82, 2.24) is 15.2 Å². The average molecular weight is 281 g/mol. The second-order valence-electron chi connectivity index (χ2n) is 4.25. The lowest BCUT2D eigenvalue weighted by Crippen LogP contribution is -2.42. The van der Waals surface area contributed by atoms with Gasteiger partial charge in [0.25, 0.3) is 5.91 Å². The zero-order valence-corrected chi connectivity index (χ0v) is 11.6. The highest BCUT2D eigenvalue weighted by atomic mass is 16.5. The Labute approximate surface area is 117 Å². The first-order valence-electron chi connectivity index (χ1n) is 6.33. The number of carbonyl (C=O) groups is 3. The summed E-state index contributed by atoms with van der Waals surface area (Å²) in [6.07, 6.45) is 2.38. The molecular weight excluding hydrogens is 262 g/mol. The maximum Gasteiger partial charge on any atom is 0.319 e. The minimum Gasteiger partial charge on any atom is -0.468 e. The fourth-order valence-corrected chi connectivity index (χ4v) is 1.69. The smallest absolute Gasteiger partial charge is 0.319 e. The monoisotopic (exact) mass is 281 g/mol. The van der Waals surface area contributed by atoms with Crippen molar-refractivity contribution in [2.75, 3.05) is 26.7 Å². The molecule has 1 heterocycles. The molecule has 110 valence electrons. The van der Waals surface area contributed by atoms with Crippen molar-refractivity contribution in [3.63, 3.8) is 0 Å². The van der Waals surface area contributed by atoms with Crippen molar-refractivity contribution in [1.29, 1.82) is 0 Å². The third-order valence-electron chi connectivity index (χ3n) is 2.58. The number of nitrogens with one attached hydrogen (secondary N) is 2. The largest absolute Gasteiger partial charge is 0.468 e. The van der Waals surface area contributed by atoms with E-state index in [1.165, 1.54) is 7.11 Å². The minimum absolute atomic E-state index is 0.0223. The molecule has 2 N–H and O–H groups in total. The lowest BCUT2D eigenvalue weighted by molar-refractivity contribution is -0.142. The van der Waals surface area contributed by atoms with Gasteiger partial charge in [0, 0.05) is 6.20 Å². The number of aromatic nitrogens is 1. The minimum atomic E-state index is -0.491. The van der Waals surface area contributed by atoms with E-state index >= 15 is 0 Å². The molecule has 0 unspecified atom stereocenters. The molecule has 7 nitrogen and oxygen atoms in total. The summed E-state index contributed by atoms with van der Waals surface area (Å²) in [7, 11) is 1.29. The first-order chi connectivity index (χ1) is 9.56. The van der Waals surface area contributed by atoms with E-state index in [4.69, 9.17) is 0 Å². The van der Waals surface area contributed by atoms with E-state index in [9.17, 15) is 14.4 Å². The maximum absolute atomic E-state index is 11.8. The van der Waals surface area contributed by atoms with Gasteiger partial charge in [0.15, 0.2) is 0 Å². The van der Waals surface area contributed by atoms with Crippen LogP contribution in [-0.4, -0.2) is 54.4 Å². The van der Waals surface area contributed by atoms with E-state index in [0.29, 0.717) is 12.2 Å². The Hall–Kier alpha value is -2.15. The highest BCUT2D eigenvalue weighted by Gasteiger charge is 2.16. The number of esters is 1. The average Bonchev–Trinajstić information content (AvgIpc) is 2.92. The summed E-state index contributed by atoms with van der Waals surface area (Å²) in [5, 5.41) is 2.26. The summed E-state index contributed by atoms with van der Waals surface area (Å²) in [5.74, 6) is -1.36. The number of methoxy groups -OCH3 is 1. The number of H-pyrrole nitrogens is 1. The van der Waals surface area contributed by atoms with E-state index in [2.05, 4.69) is 15.0 Å². The zero-order valence-electron chi connectivity index (χ0n) is 11.6. The summed E-state index contributed by atoms with van der Waals surface area (Å²) in [5.41, 5.74) is 0.313. The fraction of sp³-hybridized carbons (Fsp3) is 0.462. The highest BCUT2D eigenvalue weighted by Crippen LogP contribution is 1.96. The summed E-state index contributed by atoms with van der Waals surface area (Å²) < 4.78 is 4.56. The first-order valence-corrected chi connectivity index (χ1v) is 6.33. The number of hydrogen-bond donors (Lipinski definition) is 2. The number of amides is 2. The molecule has 0 saturated heterocycles. The predicted molar refractivity (Wildman–Crippen MR) is 72.0 cm³/mol. The van der Waals surface area contributed by atoms with Gasteiger partial charge in [0.1, 0.15) is 5.69 Å². The van der Waals surface area contributed by atoms with Gasteiger partial charge >= 0.3 is 5.97 Å². The predicted octanol–water partition coefficient (Wildman–Crippen LogP) is 0.156. The van der Waals surface area contributed by atoms with Gasteiger partial charge in [-0.2, -0.15) is 0 Å². The molecule has 0 fully saturated rings. The van der Waals surface area contributed by atoms with Gasteiger partial charge in [0.05, 0.1) is 20.2 Å². The van der Waals surface area contributed by atoms with Gasteiger partial charge in [0.2, 0.25) is 5.91 Å². The summed E-state index contributed by atoms with van der Waals surface area (Å²) in [4.78, 5) is 39.0. The summed E-state index contributed by atoms with van der Waals surface area (Å²) >= 11 is 0. The Bertz CT molecular complexity index is 456. The van der Waals surface area contributed by atoms with E-state index < -0.39 is 17.8 Å². The molecule has 0 spiro atoms. The number of carbonyl (C=O) groups excluding carboxylic acids is 3. The van der Waals surface area contributed by atoms with Gasteiger partial charge in [-0.05, 0) is 25.1 Å². The molecule has 20 heavy (non-hydrogen) atoms. The summed E-state index contributed by atoms with van der Waals surface area (Å²) in [6.45, 7) is 2.50. The maximum atomic E-state index is 11.8. The van der Waals surface area contributed by atoms with Crippen molar-refractivity contribution in [2.45, 2.75) is 13.3 Å². The highest BCUT2D eigenvalue weighted by molar-refractivity contribution is 6.04. The van der Waals surface area contributed by atoms with Crippen LogP contribution in [0.4, 0.5) is 0 Å². The van der Waals surface area contributed by atoms with Crippen LogP contribution < -0.4 is 5.32 Å². The standard InChI is InChI=1S/C13H19N3O4/c1-3-7-16(9-12(18)20-2)8-11(17)15-13(19)10-5-4-6-14-10/h4-6,14H,3,7-9H2,1-2H3,(H,15,17,19).